The zero-order chi connectivity index (χ0) is 16.8. The van der Waals surface area contributed by atoms with E-state index < -0.39 is 0 Å². The predicted octanol–water partition coefficient (Wildman–Crippen LogP) is 4.02. The third kappa shape index (κ3) is 5.31. The zero-order valence-corrected chi connectivity index (χ0v) is 15.0. The van der Waals surface area contributed by atoms with Gasteiger partial charge in [0, 0.05) is 35.3 Å². The van der Waals surface area contributed by atoms with Crippen molar-refractivity contribution in [2.45, 2.75) is 25.5 Å². The van der Waals surface area contributed by atoms with Crippen LogP contribution in [0.5, 0.6) is 0 Å². The highest BCUT2D eigenvalue weighted by Crippen LogP contribution is 2.18. The van der Waals surface area contributed by atoms with Crippen LogP contribution in [-0.4, -0.2) is 36.6 Å². The fourth-order valence-corrected chi connectivity index (χ4v) is 3.79. The van der Waals surface area contributed by atoms with Gasteiger partial charge in [0.15, 0.2) is 0 Å². The van der Waals surface area contributed by atoms with Crippen LogP contribution < -0.4 is 5.32 Å². The fourth-order valence-electron chi connectivity index (χ4n) is 2.85. The quantitative estimate of drug-likeness (QED) is 0.806. The van der Waals surface area contributed by atoms with Crippen LogP contribution in [0.15, 0.2) is 41.8 Å². The van der Waals surface area contributed by atoms with Crippen LogP contribution in [0, 0.1) is 0 Å². The van der Waals surface area contributed by atoms with Crippen LogP contribution in [0.4, 0.5) is 5.69 Å². The zero-order valence-electron chi connectivity index (χ0n) is 13.4. The monoisotopic (exact) mass is 364 g/mol. The molecule has 6 heteroatoms. The van der Waals surface area contributed by atoms with Gasteiger partial charge in [-0.05, 0) is 42.5 Å². The van der Waals surface area contributed by atoms with Crippen molar-refractivity contribution in [3.63, 3.8) is 0 Å². The molecular weight excluding hydrogens is 344 g/mol. The Kier molecular flexibility index (Phi) is 6.26. The summed E-state index contributed by atoms with van der Waals surface area (Å²) in [5.74, 6) is -0.0354. The van der Waals surface area contributed by atoms with Crippen LogP contribution in [0.3, 0.4) is 0 Å². The minimum absolute atomic E-state index is 0.0354. The van der Waals surface area contributed by atoms with Gasteiger partial charge in [0.05, 0.1) is 12.6 Å². The molecule has 1 atom stereocenters. The van der Waals surface area contributed by atoms with E-state index >= 15 is 0 Å². The van der Waals surface area contributed by atoms with E-state index in [1.54, 1.807) is 23.5 Å². The van der Waals surface area contributed by atoms with Gasteiger partial charge >= 0.3 is 0 Å². The first-order chi connectivity index (χ1) is 11.7. The topological polar surface area (TPSA) is 41.6 Å². The van der Waals surface area contributed by atoms with Crippen molar-refractivity contribution in [2.24, 2.45) is 0 Å². The highest BCUT2D eigenvalue weighted by Gasteiger charge is 2.21. The van der Waals surface area contributed by atoms with Gasteiger partial charge in [0.25, 0.3) is 0 Å². The Hall–Kier alpha value is -1.40. The molecule has 1 aromatic heterocycles. The molecule has 1 aliphatic heterocycles. The number of nitrogens with one attached hydrogen (secondary N) is 1. The number of benzene rings is 1. The summed E-state index contributed by atoms with van der Waals surface area (Å²) in [6.07, 6.45) is 2.40. The Morgan fingerprint density at radius 2 is 2.29 bits per heavy atom. The van der Waals surface area contributed by atoms with E-state index in [-0.39, 0.29) is 12.0 Å². The summed E-state index contributed by atoms with van der Waals surface area (Å²) in [6.45, 7) is 2.71. The third-order valence-electron chi connectivity index (χ3n) is 3.92. The second-order valence-corrected chi connectivity index (χ2v) is 7.41. The molecule has 4 nitrogen and oxygen atoms in total. The molecular formula is C18H21ClN2O2S. The first kappa shape index (κ1) is 17.4. The van der Waals surface area contributed by atoms with Crippen LogP contribution >= 0.6 is 22.9 Å². The SMILES string of the molecule is O=C(CN(Cc1cccs1)C[C@H]1CCCO1)Nc1cccc(Cl)c1. The van der Waals surface area contributed by atoms with Crippen molar-refractivity contribution >= 4 is 34.5 Å². The standard InChI is InChI=1S/C18H21ClN2O2S/c19-14-4-1-5-15(10-14)20-18(22)13-21(11-16-6-2-8-23-16)12-17-7-3-9-24-17/h1,3-5,7,9-10,16H,2,6,8,11-13H2,(H,20,22)/t16-/m1/s1. The number of carbonyl (C=O) groups excluding carboxylic acids is 1. The van der Waals surface area contributed by atoms with Crippen molar-refractivity contribution < 1.29 is 9.53 Å². The summed E-state index contributed by atoms with van der Waals surface area (Å²) in [5.41, 5.74) is 0.723. The lowest BCUT2D eigenvalue weighted by atomic mass is 10.2. The van der Waals surface area contributed by atoms with E-state index in [0.29, 0.717) is 11.6 Å². The van der Waals surface area contributed by atoms with E-state index in [1.807, 2.05) is 18.2 Å². The van der Waals surface area contributed by atoms with Gasteiger partial charge in [0.2, 0.25) is 5.91 Å². The van der Waals surface area contributed by atoms with E-state index in [0.717, 1.165) is 38.2 Å². The smallest absolute Gasteiger partial charge is 0.238 e. The summed E-state index contributed by atoms with van der Waals surface area (Å²) in [4.78, 5) is 15.8. The molecule has 0 bridgehead atoms. The molecule has 1 fully saturated rings. The number of halogens is 1. The van der Waals surface area contributed by atoms with Gasteiger partial charge in [-0.1, -0.05) is 23.7 Å². The van der Waals surface area contributed by atoms with Crippen molar-refractivity contribution in [2.75, 3.05) is 25.0 Å². The van der Waals surface area contributed by atoms with Crippen molar-refractivity contribution in [3.8, 4) is 0 Å². The minimum atomic E-state index is -0.0354. The second-order valence-electron chi connectivity index (χ2n) is 5.94. The Balaban J connectivity index is 1.60. The Labute approximate surface area is 151 Å². The molecule has 0 radical (unpaired) electrons. The van der Waals surface area contributed by atoms with E-state index in [4.69, 9.17) is 16.3 Å². The predicted molar refractivity (Wildman–Crippen MR) is 98.7 cm³/mol. The second kappa shape index (κ2) is 8.62. The molecule has 1 N–H and O–H groups in total. The van der Waals surface area contributed by atoms with Gasteiger partial charge in [-0.15, -0.1) is 11.3 Å². The van der Waals surface area contributed by atoms with E-state index in [1.165, 1.54) is 4.88 Å². The molecule has 2 aromatic rings. The lowest BCUT2D eigenvalue weighted by molar-refractivity contribution is -0.117. The van der Waals surface area contributed by atoms with Gasteiger partial charge in [-0.2, -0.15) is 0 Å². The number of rotatable bonds is 7. The third-order valence-corrected chi connectivity index (χ3v) is 5.02. The van der Waals surface area contributed by atoms with Crippen LogP contribution in [0.1, 0.15) is 17.7 Å². The molecule has 24 heavy (non-hydrogen) atoms. The molecule has 3 rings (SSSR count). The van der Waals surface area contributed by atoms with Crippen molar-refractivity contribution in [1.29, 1.82) is 0 Å². The number of ether oxygens (including phenoxy) is 1. The minimum Gasteiger partial charge on any atom is -0.377 e. The molecule has 1 aliphatic rings. The normalized spacial score (nSPS) is 17.3. The Morgan fingerprint density at radius 1 is 1.38 bits per heavy atom. The Morgan fingerprint density at radius 3 is 3.00 bits per heavy atom. The van der Waals surface area contributed by atoms with E-state index in [2.05, 4.69) is 21.7 Å². The van der Waals surface area contributed by atoms with Gasteiger partial charge in [-0.25, -0.2) is 0 Å². The number of amides is 1. The van der Waals surface area contributed by atoms with E-state index in [9.17, 15) is 4.79 Å². The maximum absolute atomic E-state index is 12.4. The molecule has 2 heterocycles. The average molecular weight is 365 g/mol. The number of nitrogens with zero attached hydrogens (tertiary/aromatic N) is 1. The van der Waals surface area contributed by atoms with Crippen LogP contribution in [0.25, 0.3) is 0 Å². The summed E-state index contributed by atoms with van der Waals surface area (Å²) >= 11 is 7.68. The van der Waals surface area contributed by atoms with Crippen LogP contribution in [-0.2, 0) is 16.1 Å². The molecule has 0 unspecified atom stereocenters. The molecule has 0 aliphatic carbocycles. The maximum atomic E-state index is 12.4. The first-order valence-corrected chi connectivity index (χ1v) is 9.36. The van der Waals surface area contributed by atoms with Crippen molar-refractivity contribution in [3.05, 3.63) is 51.7 Å². The molecule has 1 saturated heterocycles. The summed E-state index contributed by atoms with van der Waals surface area (Å²) < 4.78 is 5.73. The van der Waals surface area contributed by atoms with Crippen LogP contribution in [0.2, 0.25) is 5.02 Å². The Bertz CT molecular complexity index is 657. The summed E-state index contributed by atoms with van der Waals surface area (Å²) in [5, 5.41) is 5.59. The lowest BCUT2D eigenvalue weighted by Gasteiger charge is -2.24. The summed E-state index contributed by atoms with van der Waals surface area (Å²) in [6, 6.07) is 11.3. The summed E-state index contributed by atoms with van der Waals surface area (Å²) in [7, 11) is 0. The first-order valence-electron chi connectivity index (χ1n) is 8.11. The number of thiophene rings is 1. The lowest BCUT2D eigenvalue weighted by Crippen LogP contribution is -2.37. The maximum Gasteiger partial charge on any atom is 0.238 e. The van der Waals surface area contributed by atoms with Crippen molar-refractivity contribution in [1.82, 2.24) is 4.90 Å². The fraction of sp³-hybridized carbons (Fsp3) is 0.389. The average Bonchev–Trinajstić information content (AvgIpc) is 3.21. The largest absolute Gasteiger partial charge is 0.377 e. The van der Waals surface area contributed by atoms with Gasteiger partial charge in [0.1, 0.15) is 0 Å². The number of carbonyl (C=O) groups is 1. The number of anilines is 1. The molecule has 0 spiro atoms. The molecule has 0 saturated carbocycles. The highest BCUT2D eigenvalue weighted by molar-refractivity contribution is 7.09. The highest BCUT2D eigenvalue weighted by atomic mass is 35.5. The number of hydrogen-bond donors (Lipinski definition) is 1. The molecule has 1 aromatic carbocycles. The van der Waals surface area contributed by atoms with Gasteiger partial charge < -0.3 is 10.1 Å². The van der Waals surface area contributed by atoms with Gasteiger partial charge in [-0.3, -0.25) is 9.69 Å². The number of hydrogen-bond acceptors (Lipinski definition) is 4. The molecule has 128 valence electrons. The molecule has 1 amide bonds.